The molecule has 38 heavy (non-hydrogen) atoms. The fourth-order valence-electron chi connectivity index (χ4n) is 3.90. The van der Waals surface area contributed by atoms with Crippen LogP contribution in [-0.4, -0.2) is 44.3 Å². The Balaban J connectivity index is 2.09. The summed E-state index contributed by atoms with van der Waals surface area (Å²) in [6, 6.07) is 17.4. The number of carbonyl (C=O) groups is 2. The van der Waals surface area contributed by atoms with Crippen LogP contribution in [0.5, 0.6) is 0 Å². The molecule has 202 valence electrons. The van der Waals surface area contributed by atoms with E-state index in [4.69, 9.17) is 23.2 Å². The van der Waals surface area contributed by atoms with Crippen LogP contribution in [-0.2, 0) is 26.2 Å². The molecule has 0 unspecified atom stereocenters. The first-order chi connectivity index (χ1) is 17.9. The van der Waals surface area contributed by atoms with Crippen LogP contribution in [0.1, 0.15) is 30.5 Å². The number of nitrogens with zero attached hydrogens (tertiary/aromatic N) is 2. The Bertz CT molecular complexity index is 1410. The number of hydrogen-bond acceptors (Lipinski definition) is 4. The zero-order valence-electron chi connectivity index (χ0n) is 21.7. The maximum Gasteiger partial charge on any atom is 0.264 e. The lowest BCUT2D eigenvalue weighted by Crippen LogP contribution is -2.51. The van der Waals surface area contributed by atoms with Crippen molar-refractivity contribution in [3.8, 4) is 0 Å². The van der Waals surface area contributed by atoms with Gasteiger partial charge in [-0.1, -0.05) is 65.2 Å². The predicted molar refractivity (Wildman–Crippen MR) is 152 cm³/mol. The topological polar surface area (TPSA) is 86.8 Å². The number of anilines is 1. The summed E-state index contributed by atoms with van der Waals surface area (Å²) in [4.78, 5) is 28.1. The van der Waals surface area contributed by atoms with Crippen LogP contribution in [0, 0.1) is 13.8 Å². The summed E-state index contributed by atoms with van der Waals surface area (Å²) in [7, 11) is -4.23. The van der Waals surface area contributed by atoms with E-state index >= 15 is 0 Å². The molecule has 2 amide bonds. The normalized spacial score (nSPS) is 12.1. The highest BCUT2D eigenvalue weighted by molar-refractivity contribution is 7.92. The van der Waals surface area contributed by atoms with E-state index in [-0.39, 0.29) is 33.1 Å². The van der Waals surface area contributed by atoms with E-state index in [0.717, 1.165) is 21.0 Å². The van der Waals surface area contributed by atoms with Gasteiger partial charge in [-0.25, -0.2) is 8.42 Å². The third-order valence-corrected chi connectivity index (χ3v) is 8.51. The first kappa shape index (κ1) is 29.5. The molecule has 0 aliphatic rings. The summed E-state index contributed by atoms with van der Waals surface area (Å²) in [6.45, 7) is 7.08. The molecule has 0 spiro atoms. The lowest BCUT2D eigenvalue weighted by Gasteiger charge is -2.32. The lowest BCUT2D eigenvalue weighted by atomic mass is 10.1. The van der Waals surface area contributed by atoms with Gasteiger partial charge in [0, 0.05) is 18.1 Å². The molecular formula is C28H31Cl2N3O4S. The van der Waals surface area contributed by atoms with Crippen LogP contribution in [0.4, 0.5) is 5.69 Å². The fraction of sp³-hybridized carbons (Fsp3) is 0.286. The molecule has 0 radical (unpaired) electrons. The van der Waals surface area contributed by atoms with Gasteiger partial charge in [0.2, 0.25) is 11.8 Å². The maximum absolute atomic E-state index is 13.9. The van der Waals surface area contributed by atoms with Crippen molar-refractivity contribution in [3.63, 3.8) is 0 Å². The van der Waals surface area contributed by atoms with E-state index in [1.54, 1.807) is 26.0 Å². The van der Waals surface area contributed by atoms with Crippen LogP contribution < -0.4 is 9.62 Å². The van der Waals surface area contributed by atoms with Crippen molar-refractivity contribution in [3.05, 3.63) is 93.5 Å². The van der Waals surface area contributed by atoms with Gasteiger partial charge < -0.3 is 10.2 Å². The standard InChI is InChI=1S/C28H31Cl2N3O4S/c1-5-31-28(35)21(4)32(17-22-9-7-6-8-20(22)3)27(34)18-33(26-16-23(29)12-15-25(26)30)38(36,37)24-13-10-19(2)11-14-24/h6-16,21H,5,17-18H2,1-4H3,(H,31,35)/t21-/m0/s1. The van der Waals surface area contributed by atoms with E-state index in [2.05, 4.69) is 5.32 Å². The van der Waals surface area contributed by atoms with Crippen molar-refractivity contribution in [1.82, 2.24) is 10.2 Å². The molecule has 1 atom stereocenters. The number of carbonyl (C=O) groups excluding carboxylic acids is 2. The molecule has 0 aliphatic carbocycles. The largest absolute Gasteiger partial charge is 0.355 e. The highest BCUT2D eigenvalue weighted by Crippen LogP contribution is 2.33. The molecule has 0 aliphatic heterocycles. The van der Waals surface area contributed by atoms with Gasteiger partial charge in [-0.2, -0.15) is 0 Å². The number of rotatable bonds is 10. The minimum Gasteiger partial charge on any atom is -0.355 e. The van der Waals surface area contributed by atoms with Crippen molar-refractivity contribution in [2.24, 2.45) is 0 Å². The molecule has 7 nitrogen and oxygen atoms in total. The van der Waals surface area contributed by atoms with E-state index < -0.39 is 28.5 Å². The molecule has 0 bridgehead atoms. The molecule has 0 fully saturated rings. The van der Waals surface area contributed by atoms with Gasteiger partial charge in [0.25, 0.3) is 10.0 Å². The molecule has 10 heteroatoms. The summed E-state index contributed by atoms with van der Waals surface area (Å²) in [5.41, 5.74) is 2.73. The van der Waals surface area contributed by atoms with E-state index in [1.807, 2.05) is 38.1 Å². The van der Waals surface area contributed by atoms with Crippen molar-refractivity contribution in [2.45, 2.75) is 45.2 Å². The number of amides is 2. The third kappa shape index (κ3) is 6.87. The van der Waals surface area contributed by atoms with Crippen molar-refractivity contribution in [1.29, 1.82) is 0 Å². The molecule has 0 heterocycles. The number of benzene rings is 3. The number of halogens is 2. The SMILES string of the molecule is CCNC(=O)[C@H](C)N(Cc1ccccc1C)C(=O)CN(c1cc(Cl)ccc1Cl)S(=O)(=O)c1ccc(C)cc1. The third-order valence-electron chi connectivity index (χ3n) is 6.18. The van der Waals surface area contributed by atoms with Gasteiger partial charge in [-0.05, 0) is 69.2 Å². The van der Waals surface area contributed by atoms with Gasteiger partial charge in [-0.3, -0.25) is 13.9 Å². The van der Waals surface area contributed by atoms with Gasteiger partial charge in [0.15, 0.2) is 0 Å². The average molecular weight is 577 g/mol. The molecule has 1 N–H and O–H groups in total. The van der Waals surface area contributed by atoms with E-state index in [0.29, 0.717) is 6.54 Å². The molecule has 0 saturated carbocycles. The Hall–Kier alpha value is -3.07. The Morgan fingerprint density at radius 3 is 2.26 bits per heavy atom. The second kappa shape index (κ2) is 12.7. The van der Waals surface area contributed by atoms with Gasteiger partial charge in [0.05, 0.1) is 15.6 Å². The molecule has 3 aromatic carbocycles. The predicted octanol–water partition coefficient (Wildman–Crippen LogP) is 5.36. The summed E-state index contributed by atoms with van der Waals surface area (Å²) < 4.78 is 28.7. The van der Waals surface area contributed by atoms with Gasteiger partial charge in [-0.15, -0.1) is 0 Å². The molecular weight excluding hydrogens is 545 g/mol. The highest BCUT2D eigenvalue weighted by atomic mass is 35.5. The van der Waals surface area contributed by atoms with Crippen molar-refractivity contribution in [2.75, 3.05) is 17.4 Å². The lowest BCUT2D eigenvalue weighted by molar-refractivity contribution is -0.139. The summed E-state index contributed by atoms with van der Waals surface area (Å²) in [5, 5.41) is 3.11. The maximum atomic E-state index is 13.9. The Kier molecular flexibility index (Phi) is 9.82. The molecule has 3 rings (SSSR count). The fourth-order valence-corrected chi connectivity index (χ4v) is 5.76. The van der Waals surface area contributed by atoms with Crippen LogP contribution in [0.3, 0.4) is 0 Å². The first-order valence-corrected chi connectivity index (χ1v) is 14.3. The average Bonchev–Trinajstić information content (AvgIpc) is 2.88. The second-order valence-corrected chi connectivity index (χ2v) is 11.6. The van der Waals surface area contributed by atoms with E-state index in [1.165, 1.54) is 35.2 Å². The minimum atomic E-state index is -4.23. The zero-order chi connectivity index (χ0) is 28.0. The van der Waals surface area contributed by atoms with Gasteiger partial charge >= 0.3 is 0 Å². The van der Waals surface area contributed by atoms with Gasteiger partial charge in [0.1, 0.15) is 12.6 Å². The molecule has 0 saturated heterocycles. The van der Waals surface area contributed by atoms with Crippen LogP contribution >= 0.6 is 23.2 Å². The molecule has 0 aromatic heterocycles. The minimum absolute atomic E-state index is 0.00540. The summed E-state index contributed by atoms with van der Waals surface area (Å²) in [5.74, 6) is -0.915. The highest BCUT2D eigenvalue weighted by Gasteiger charge is 2.33. The van der Waals surface area contributed by atoms with Crippen LogP contribution in [0.25, 0.3) is 0 Å². The van der Waals surface area contributed by atoms with Crippen LogP contribution in [0.15, 0.2) is 71.6 Å². The first-order valence-electron chi connectivity index (χ1n) is 12.1. The monoisotopic (exact) mass is 575 g/mol. The summed E-state index contributed by atoms with van der Waals surface area (Å²) in [6.07, 6.45) is 0. The second-order valence-electron chi connectivity index (χ2n) is 8.94. The Labute approximate surface area is 234 Å². The number of nitrogens with one attached hydrogen (secondary N) is 1. The van der Waals surface area contributed by atoms with Crippen molar-refractivity contribution < 1.29 is 18.0 Å². The Morgan fingerprint density at radius 2 is 1.63 bits per heavy atom. The number of likely N-dealkylation sites (N-methyl/N-ethyl adjacent to an activating group) is 1. The van der Waals surface area contributed by atoms with Crippen molar-refractivity contribution >= 4 is 50.7 Å². The number of sulfonamides is 1. The van der Waals surface area contributed by atoms with E-state index in [9.17, 15) is 18.0 Å². The quantitative estimate of drug-likeness (QED) is 0.352. The number of aryl methyl sites for hydroxylation is 2. The Morgan fingerprint density at radius 1 is 0.974 bits per heavy atom. The van der Waals surface area contributed by atoms with Crippen LogP contribution in [0.2, 0.25) is 10.0 Å². The number of hydrogen-bond donors (Lipinski definition) is 1. The summed E-state index contributed by atoms with van der Waals surface area (Å²) >= 11 is 12.6. The molecule has 3 aromatic rings. The smallest absolute Gasteiger partial charge is 0.264 e. The zero-order valence-corrected chi connectivity index (χ0v) is 24.1.